The van der Waals surface area contributed by atoms with E-state index in [-0.39, 0.29) is 31.9 Å². The molecule has 2 aliphatic rings. The van der Waals surface area contributed by atoms with Crippen LogP contribution >= 0.6 is 0 Å². The maximum Gasteiger partial charge on any atom is 0.135 e. The first-order valence-corrected chi connectivity index (χ1v) is 23.1. The first-order valence-electron chi connectivity index (χ1n) is 23.1. The van der Waals surface area contributed by atoms with Crippen molar-refractivity contribution < 1.29 is 21.1 Å². The molecule has 338 valence electrons. The van der Waals surface area contributed by atoms with Crippen molar-refractivity contribution in [3.05, 3.63) is 230 Å². The molecule has 5 nitrogen and oxygen atoms in total. The average molecular weight is 1060 g/mol. The molecular formula is C62H52N5Pt-3. The van der Waals surface area contributed by atoms with Crippen LogP contribution in [0.1, 0.15) is 52.7 Å². The summed E-state index contributed by atoms with van der Waals surface area (Å²) in [5.41, 5.74) is 18.2. The molecule has 0 radical (unpaired) electrons. The number of nitrogens with zero attached hydrogens (tertiary/aromatic N) is 5. The number of hydrogen-bond acceptors (Lipinski definition) is 5. The number of anilines is 10. The summed E-state index contributed by atoms with van der Waals surface area (Å²) in [6.07, 6.45) is 1.87. The Bertz CT molecular complexity index is 3260. The van der Waals surface area contributed by atoms with Gasteiger partial charge in [-0.25, -0.2) is 4.98 Å². The summed E-state index contributed by atoms with van der Waals surface area (Å²) < 4.78 is 0. The maximum atomic E-state index is 4.97. The molecule has 0 N–H and O–H groups in total. The van der Waals surface area contributed by atoms with Crippen LogP contribution in [0.25, 0.3) is 33.4 Å². The SMILES string of the molecule is CC(C)(C)c1ccc(N(c2[c-]c3c(cc2)-c2ccccc2-c2ccccc2N3c2ccccn2)c2[c-]c(N3[CH-]N(c4cccc(C(C)(C)C)c4)c4ccccc43)cc(-c3ccccc3)c2)cc1.[Pt]. The van der Waals surface area contributed by atoms with Gasteiger partial charge in [-0.15, -0.1) is 53.8 Å². The van der Waals surface area contributed by atoms with E-state index in [2.05, 4.69) is 268 Å². The van der Waals surface area contributed by atoms with Gasteiger partial charge in [-0.05, 0) is 87.7 Å². The predicted molar refractivity (Wildman–Crippen MR) is 280 cm³/mol. The first-order chi connectivity index (χ1) is 32.5. The topological polar surface area (TPSA) is 25.9 Å². The second-order valence-electron chi connectivity index (χ2n) is 19.5. The Morgan fingerprint density at radius 3 is 1.79 bits per heavy atom. The first kappa shape index (κ1) is 44.6. The Morgan fingerprint density at radius 2 is 1.10 bits per heavy atom. The van der Waals surface area contributed by atoms with E-state index < -0.39 is 0 Å². The number of aromatic nitrogens is 1. The molecule has 2 aliphatic heterocycles. The fourth-order valence-electron chi connectivity index (χ4n) is 9.43. The van der Waals surface area contributed by atoms with Gasteiger partial charge in [0.1, 0.15) is 5.82 Å². The third-order valence-corrected chi connectivity index (χ3v) is 13.0. The molecule has 0 amide bonds. The molecule has 8 aromatic carbocycles. The molecule has 6 heteroatoms. The zero-order valence-corrected chi connectivity index (χ0v) is 41.5. The van der Waals surface area contributed by atoms with Crippen molar-refractivity contribution in [1.82, 2.24) is 4.98 Å². The summed E-state index contributed by atoms with van der Waals surface area (Å²) in [6, 6.07) is 77.7. The largest absolute Gasteiger partial charge is 0.493 e. The standard InChI is InChI=1S/C62H52N5.Pt/c1-61(2,3)45-30-32-47(33-31-45)66(49-34-35-55-53-24-11-10-23-52(53)54-25-12-13-26-56(54)67(59(55)41-49)60-29-16-17-36-63-60)51-38-44(43-19-8-7-9-20-43)37-50(40-51)65-42-64(57-27-14-15-28-58(57)65)48-22-18-21-46(39-48)62(4,5)6;/h7-39,42H,1-6H3;/q-3;. The molecule has 11 rings (SSSR count). The zero-order valence-electron chi connectivity index (χ0n) is 39.2. The Kier molecular flexibility index (Phi) is 11.7. The zero-order chi connectivity index (χ0) is 45.9. The molecule has 0 atom stereocenters. The summed E-state index contributed by atoms with van der Waals surface area (Å²) >= 11 is 0. The molecule has 0 bridgehead atoms. The van der Waals surface area contributed by atoms with Crippen LogP contribution in [-0.4, -0.2) is 4.98 Å². The Labute approximate surface area is 416 Å². The molecule has 3 heterocycles. The van der Waals surface area contributed by atoms with E-state index in [9.17, 15) is 0 Å². The van der Waals surface area contributed by atoms with Crippen molar-refractivity contribution in [3.8, 4) is 33.4 Å². The van der Waals surface area contributed by atoms with Crippen LogP contribution in [0.15, 0.2) is 200 Å². The molecule has 0 aliphatic carbocycles. The molecule has 0 unspecified atom stereocenters. The van der Waals surface area contributed by atoms with E-state index >= 15 is 0 Å². The fourth-order valence-corrected chi connectivity index (χ4v) is 9.43. The Morgan fingerprint density at radius 1 is 0.471 bits per heavy atom. The molecule has 0 saturated heterocycles. The Balaban J connectivity index is 0.00000539. The minimum Gasteiger partial charge on any atom is -0.493 e. The summed E-state index contributed by atoms with van der Waals surface area (Å²) in [4.78, 5) is 14.1. The molecule has 0 saturated carbocycles. The van der Waals surface area contributed by atoms with E-state index in [4.69, 9.17) is 4.98 Å². The normalized spacial score (nSPS) is 12.9. The van der Waals surface area contributed by atoms with Gasteiger partial charge in [0.2, 0.25) is 0 Å². The van der Waals surface area contributed by atoms with Crippen molar-refractivity contribution in [3.63, 3.8) is 0 Å². The number of para-hydroxylation sites is 3. The van der Waals surface area contributed by atoms with Crippen LogP contribution in [-0.2, 0) is 31.9 Å². The summed E-state index contributed by atoms with van der Waals surface area (Å²) in [5.74, 6) is 0.819. The van der Waals surface area contributed by atoms with Gasteiger partial charge in [0.15, 0.2) is 0 Å². The van der Waals surface area contributed by atoms with Crippen LogP contribution in [0.3, 0.4) is 0 Å². The van der Waals surface area contributed by atoms with Crippen LogP contribution in [0.2, 0.25) is 0 Å². The molecule has 0 spiro atoms. The number of rotatable bonds is 7. The van der Waals surface area contributed by atoms with Gasteiger partial charge < -0.3 is 19.6 Å². The number of hydrogen-bond donors (Lipinski definition) is 0. The predicted octanol–water partition coefficient (Wildman–Crippen LogP) is 16.9. The van der Waals surface area contributed by atoms with Crippen molar-refractivity contribution >= 4 is 57.0 Å². The van der Waals surface area contributed by atoms with Crippen LogP contribution in [0, 0.1) is 18.8 Å². The molecule has 0 fully saturated rings. The second kappa shape index (κ2) is 17.8. The average Bonchev–Trinajstić information content (AvgIpc) is 3.69. The van der Waals surface area contributed by atoms with Crippen LogP contribution in [0.5, 0.6) is 0 Å². The third-order valence-electron chi connectivity index (χ3n) is 13.0. The number of fused-ring (bicyclic) bond motifs is 6. The van der Waals surface area contributed by atoms with Crippen molar-refractivity contribution in [2.24, 2.45) is 0 Å². The molecule has 68 heavy (non-hydrogen) atoms. The fraction of sp³-hybridized carbons (Fsp3) is 0.129. The van der Waals surface area contributed by atoms with Gasteiger partial charge in [-0.1, -0.05) is 179 Å². The quantitative estimate of drug-likeness (QED) is 0.148. The summed E-state index contributed by atoms with van der Waals surface area (Å²) in [7, 11) is 0. The summed E-state index contributed by atoms with van der Waals surface area (Å²) in [6.45, 7) is 15.8. The van der Waals surface area contributed by atoms with Crippen molar-refractivity contribution in [2.45, 2.75) is 52.4 Å². The Hall–Kier alpha value is -7.20. The summed E-state index contributed by atoms with van der Waals surface area (Å²) in [5, 5.41) is 0. The minimum atomic E-state index is -0.0205. The van der Waals surface area contributed by atoms with E-state index in [1.54, 1.807) is 0 Å². The molecular weight excluding hydrogens is 1010 g/mol. The van der Waals surface area contributed by atoms with Gasteiger partial charge in [-0.3, -0.25) is 0 Å². The van der Waals surface area contributed by atoms with Gasteiger partial charge in [0, 0.05) is 55.6 Å². The third kappa shape index (κ3) is 8.20. The van der Waals surface area contributed by atoms with E-state index in [1.165, 1.54) is 16.7 Å². The number of benzene rings is 8. The van der Waals surface area contributed by atoms with Crippen LogP contribution < -0.4 is 19.6 Å². The molecule has 9 aromatic rings. The van der Waals surface area contributed by atoms with Crippen molar-refractivity contribution in [1.29, 1.82) is 0 Å². The van der Waals surface area contributed by atoms with Gasteiger partial charge in [0.25, 0.3) is 0 Å². The smallest absolute Gasteiger partial charge is 0.135 e. The van der Waals surface area contributed by atoms with Gasteiger partial charge >= 0.3 is 0 Å². The van der Waals surface area contributed by atoms with Crippen molar-refractivity contribution in [2.75, 3.05) is 19.6 Å². The van der Waals surface area contributed by atoms with E-state index in [1.807, 2.05) is 12.3 Å². The maximum absolute atomic E-state index is 4.97. The monoisotopic (exact) mass is 1060 g/mol. The van der Waals surface area contributed by atoms with E-state index in [0.29, 0.717) is 0 Å². The minimum absolute atomic E-state index is 0. The second-order valence-corrected chi connectivity index (χ2v) is 19.5. The molecule has 1 aromatic heterocycles. The van der Waals surface area contributed by atoms with Crippen LogP contribution in [0.4, 0.5) is 57.0 Å². The van der Waals surface area contributed by atoms with E-state index in [0.717, 1.165) is 84.8 Å². The number of pyridine rings is 1. The van der Waals surface area contributed by atoms with Gasteiger partial charge in [-0.2, -0.15) is 6.07 Å². The van der Waals surface area contributed by atoms with Gasteiger partial charge in [0.05, 0.1) is 5.69 Å².